The first-order valence-electron chi connectivity index (χ1n) is 7.92. The molecule has 1 saturated heterocycles. The molecule has 0 aliphatic carbocycles. The van der Waals surface area contributed by atoms with E-state index in [1.54, 1.807) is 18.2 Å². The molecule has 1 amide bonds. The summed E-state index contributed by atoms with van der Waals surface area (Å²) in [6.07, 6.45) is -4.83. The van der Waals surface area contributed by atoms with Gasteiger partial charge in [-0.15, -0.1) is 0 Å². The van der Waals surface area contributed by atoms with Crippen molar-refractivity contribution in [2.24, 2.45) is 0 Å². The summed E-state index contributed by atoms with van der Waals surface area (Å²) in [5.41, 5.74) is 0. The summed E-state index contributed by atoms with van der Waals surface area (Å²) in [4.78, 5) is 11.3. The fraction of sp³-hybridized carbons (Fsp3) is 0.562. The van der Waals surface area contributed by atoms with Crippen LogP contribution in [0.1, 0.15) is 6.92 Å². The minimum Gasteiger partial charge on any atom is -0.490 e. The van der Waals surface area contributed by atoms with E-state index in [0.717, 1.165) is 0 Å². The van der Waals surface area contributed by atoms with Crippen molar-refractivity contribution in [1.29, 1.82) is 0 Å². The molecule has 0 saturated carbocycles. The highest BCUT2D eigenvalue weighted by molar-refractivity contribution is 6.35. The summed E-state index contributed by atoms with van der Waals surface area (Å²) in [6.45, 7) is 0.902. The molecule has 1 aliphatic heterocycles. The first kappa shape index (κ1) is 21.2. The van der Waals surface area contributed by atoms with Gasteiger partial charge in [-0.1, -0.05) is 23.2 Å². The minimum absolute atomic E-state index is 0.0423. The van der Waals surface area contributed by atoms with Crippen LogP contribution in [0.25, 0.3) is 0 Å². The number of hydrogen-bond acceptors (Lipinski definition) is 7. The van der Waals surface area contributed by atoms with Crippen molar-refractivity contribution in [3.05, 3.63) is 28.2 Å². The quantitative estimate of drug-likeness (QED) is 0.479. The Kier molecular flexibility index (Phi) is 7.90. The van der Waals surface area contributed by atoms with E-state index in [4.69, 9.17) is 37.4 Å². The van der Waals surface area contributed by atoms with Gasteiger partial charge in [0.25, 0.3) is 0 Å². The number of aliphatic hydroxyl groups excluding tert-OH is 3. The molecule has 5 unspecified atom stereocenters. The third-order valence-electron chi connectivity index (χ3n) is 3.77. The molecule has 146 valence electrons. The first-order chi connectivity index (χ1) is 12.3. The van der Waals surface area contributed by atoms with Gasteiger partial charge in [0, 0.05) is 11.9 Å². The number of nitrogens with one attached hydrogen (secondary N) is 1. The van der Waals surface area contributed by atoms with Gasteiger partial charge in [-0.25, -0.2) is 0 Å². The number of amides is 1. The number of benzene rings is 1. The number of halogens is 2. The van der Waals surface area contributed by atoms with Crippen molar-refractivity contribution in [3.8, 4) is 5.75 Å². The number of carbonyl (C=O) groups excluding carboxylic acids is 1. The Morgan fingerprint density at radius 1 is 1.27 bits per heavy atom. The van der Waals surface area contributed by atoms with Gasteiger partial charge in [0.05, 0.1) is 18.2 Å². The smallest absolute Gasteiger partial charge is 0.217 e. The Morgan fingerprint density at radius 3 is 2.62 bits per heavy atom. The molecule has 1 aliphatic rings. The highest BCUT2D eigenvalue weighted by atomic mass is 35.5. The topological polar surface area (TPSA) is 117 Å². The molecule has 8 nitrogen and oxygen atoms in total. The Labute approximate surface area is 160 Å². The second-order valence-electron chi connectivity index (χ2n) is 5.73. The van der Waals surface area contributed by atoms with Crippen molar-refractivity contribution in [2.75, 3.05) is 19.8 Å². The maximum absolute atomic E-state index is 11.3. The van der Waals surface area contributed by atoms with Crippen molar-refractivity contribution in [3.63, 3.8) is 0 Å². The van der Waals surface area contributed by atoms with E-state index in [0.29, 0.717) is 15.8 Å². The molecule has 0 radical (unpaired) electrons. The third-order valence-corrected chi connectivity index (χ3v) is 4.30. The Balaban J connectivity index is 1.92. The van der Waals surface area contributed by atoms with E-state index in [2.05, 4.69) is 5.32 Å². The lowest BCUT2D eigenvalue weighted by atomic mass is 9.97. The molecular weight excluding hydrogens is 389 g/mol. The molecule has 1 fully saturated rings. The molecule has 0 spiro atoms. The molecule has 0 bridgehead atoms. The summed E-state index contributed by atoms with van der Waals surface area (Å²) in [5, 5.41) is 32.6. The molecule has 4 N–H and O–H groups in total. The Morgan fingerprint density at radius 2 is 2.00 bits per heavy atom. The molecule has 1 heterocycles. The van der Waals surface area contributed by atoms with E-state index >= 15 is 0 Å². The van der Waals surface area contributed by atoms with Crippen LogP contribution < -0.4 is 10.1 Å². The van der Waals surface area contributed by atoms with Gasteiger partial charge >= 0.3 is 0 Å². The standard InChI is InChI=1S/C16H21Cl2NO7/c1-8(21)19-13-15(23)14(22)12(7-20)26-16(13)25-5-4-24-11-3-2-9(17)6-10(11)18/h2-3,6,12-16,20,22-23H,4-5,7H2,1H3,(H,19,21). The predicted molar refractivity (Wildman–Crippen MR) is 93.3 cm³/mol. The molecule has 10 heteroatoms. The highest BCUT2D eigenvalue weighted by Gasteiger charge is 2.45. The van der Waals surface area contributed by atoms with Crippen molar-refractivity contribution >= 4 is 29.1 Å². The average molecular weight is 410 g/mol. The van der Waals surface area contributed by atoms with Crippen LogP contribution in [0.3, 0.4) is 0 Å². The van der Waals surface area contributed by atoms with Gasteiger partial charge in [0.1, 0.15) is 36.7 Å². The maximum Gasteiger partial charge on any atom is 0.217 e. The SMILES string of the molecule is CC(=O)NC1C(OCCOc2ccc(Cl)cc2Cl)OC(CO)C(O)C1O. The summed E-state index contributed by atoms with van der Waals surface area (Å²) < 4.78 is 16.4. The second-order valence-corrected chi connectivity index (χ2v) is 6.57. The lowest BCUT2D eigenvalue weighted by Gasteiger charge is -2.42. The molecular formula is C16H21Cl2NO7. The van der Waals surface area contributed by atoms with Crippen LogP contribution in [0.4, 0.5) is 0 Å². The third kappa shape index (κ3) is 5.43. The van der Waals surface area contributed by atoms with Gasteiger partial charge < -0.3 is 34.8 Å². The van der Waals surface area contributed by atoms with Gasteiger partial charge in [-0.3, -0.25) is 4.79 Å². The van der Waals surface area contributed by atoms with Crippen LogP contribution in [0.5, 0.6) is 5.75 Å². The van der Waals surface area contributed by atoms with Crippen LogP contribution >= 0.6 is 23.2 Å². The predicted octanol–water partition coefficient (Wildman–Crippen LogP) is 0.332. The number of carbonyl (C=O) groups is 1. The van der Waals surface area contributed by atoms with E-state index in [-0.39, 0.29) is 13.2 Å². The van der Waals surface area contributed by atoms with Gasteiger partial charge in [-0.05, 0) is 18.2 Å². The molecule has 1 aromatic rings. The van der Waals surface area contributed by atoms with Crippen molar-refractivity contribution in [1.82, 2.24) is 5.32 Å². The van der Waals surface area contributed by atoms with Crippen molar-refractivity contribution < 1.29 is 34.3 Å². The molecule has 5 atom stereocenters. The average Bonchev–Trinajstić information content (AvgIpc) is 2.58. The normalized spacial score (nSPS) is 28.6. The lowest BCUT2D eigenvalue weighted by Crippen LogP contribution is -2.64. The first-order valence-corrected chi connectivity index (χ1v) is 8.68. The van der Waals surface area contributed by atoms with Gasteiger partial charge in [0.15, 0.2) is 6.29 Å². The second kappa shape index (κ2) is 9.70. The van der Waals surface area contributed by atoms with Gasteiger partial charge in [-0.2, -0.15) is 0 Å². The van der Waals surface area contributed by atoms with Gasteiger partial charge in [0.2, 0.25) is 5.91 Å². The summed E-state index contributed by atoms with van der Waals surface area (Å²) >= 11 is 11.8. The number of ether oxygens (including phenoxy) is 3. The summed E-state index contributed by atoms with van der Waals surface area (Å²) in [6, 6.07) is 3.79. The van der Waals surface area contributed by atoms with Crippen LogP contribution in [0.15, 0.2) is 18.2 Å². The monoisotopic (exact) mass is 409 g/mol. The van der Waals surface area contributed by atoms with Crippen LogP contribution in [0, 0.1) is 0 Å². The molecule has 2 rings (SSSR count). The zero-order valence-electron chi connectivity index (χ0n) is 14.0. The minimum atomic E-state index is -1.36. The fourth-order valence-electron chi connectivity index (χ4n) is 2.52. The summed E-state index contributed by atoms with van der Waals surface area (Å²) in [5.74, 6) is -0.00331. The van der Waals surface area contributed by atoms with Crippen LogP contribution in [-0.2, 0) is 14.3 Å². The van der Waals surface area contributed by atoms with E-state index < -0.39 is 43.2 Å². The number of aliphatic hydroxyl groups is 3. The Hall–Kier alpha value is -1.13. The molecule has 1 aromatic carbocycles. The molecule has 26 heavy (non-hydrogen) atoms. The lowest BCUT2D eigenvalue weighted by molar-refractivity contribution is -0.271. The molecule has 0 aromatic heterocycles. The Bertz CT molecular complexity index is 618. The maximum atomic E-state index is 11.3. The fourth-order valence-corrected chi connectivity index (χ4v) is 2.98. The summed E-state index contributed by atoms with van der Waals surface area (Å²) in [7, 11) is 0. The van der Waals surface area contributed by atoms with E-state index in [9.17, 15) is 20.1 Å². The van der Waals surface area contributed by atoms with Crippen LogP contribution in [-0.4, -0.2) is 71.7 Å². The number of rotatable bonds is 7. The largest absolute Gasteiger partial charge is 0.490 e. The highest BCUT2D eigenvalue weighted by Crippen LogP contribution is 2.27. The van der Waals surface area contributed by atoms with Crippen LogP contribution in [0.2, 0.25) is 10.0 Å². The van der Waals surface area contributed by atoms with E-state index in [1.807, 2.05) is 0 Å². The zero-order valence-corrected chi connectivity index (χ0v) is 15.5. The van der Waals surface area contributed by atoms with E-state index in [1.165, 1.54) is 6.92 Å². The number of hydrogen-bond donors (Lipinski definition) is 4. The zero-order chi connectivity index (χ0) is 19.3. The van der Waals surface area contributed by atoms with Crippen molar-refractivity contribution in [2.45, 2.75) is 37.6 Å².